The molecular formula is C19H7F8N3O2S. The van der Waals surface area contributed by atoms with Gasteiger partial charge in [0.25, 0.3) is 0 Å². The van der Waals surface area contributed by atoms with Crippen molar-refractivity contribution in [3.8, 4) is 17.4 Å². The molecule has 3 aromatic rings. The van der Waals surface area contributed by atoms with Crippen LogP contribution in [0.2, 0.25) is 0 Å². The summed E-state index contributed by atoms with van der Waals surface area (Å²) in [5.74, 6) is -14.0. The number of anilines is 1. The zero-order chi connectivity index (χ0) is 24.5. The number of aromatic nitrogens is 1. The van der Waals surface area contributed by atoms with Crippen LogP contribution in [-0.2, 0) is 11.0 Å². The minimum atomic E-state index is -4.94. The van der Waals surface area contributed by atoms with E-state index >= 15 is 0 Å². The van der Waals surface area contributed by atoms with Crippen molar-refractivity contribution in [1.82, 2.24) is 4.98 Å². The van der Waals surface area contributed by atoms with Gasteiger partial charge in [0.2, 0.25) is 11.7 Å². The quantitative estimate of drug-likeness (QED) is 0.215. The zero-order valence-electron chi connectivity index (χ0n) is 15.7. The maximum atomic E-state index is 13.7. The number of carbonyl (C=O) groups is 1. The van der Waals surface area contributed by atoms with Gasteiger partial charge in [-0.05, 0) is 18.2 Å². The van der Waals surface area contributed by atoms with Crippen molar-refractivity contribution >= 4 is 23.4 Å². The number of amides is 1. The molecule has 0 atom stereocenters. The molecule has 0 unspecified atom stereocenters. The van der Waals surface area contributed by atoms with Gasteiger partial charge >= 0.3 is 6.18 Å². The molecule has 33 heavy (non-hydrogen) atoms. The predicted molar refractivity (Wildman–Crippen MR) is 97.2 cm³/mol. The van der Waals surface area contributed by atoms with E-state index in [0.29, 0.717) is 6.07 Å². The molecule has 0 fully saturated rings. The third-order valence-corrected chi connectivity index (χ3v) is 4.96. The minimum Gasteiger partial charge on any atom is -0.464 e. The zero-order valence-corrected chi connectivity index (χ0v) is 16.5. The van der Waals surface area contributed by atoms with Gasteiger partial charge in [-0.1, -0.05) is 11.8 Å². The molecule has 0 bridgehead atoms. The first-order chi connectivity index (χ1) is 15.5. The first kappa shape index (κ1) is 24.1. The molecule has 0 saturated carbocycles. The number of nitriles is 1. The molecule has 2 aromatic heterocycles. The van der Waals surface area contributed by atoms with Gasteiger partial charge in [0.15, 0.2) is 23.3 Å². The number of hydrogen-bond donors (Lipinski definition) is 1. The van der Waals surface area contributed by atoms with Gasteiger partial charge in [0.05, 0.1) is 17.6 Å². The Kier molecular flexibility index (Phi) is 6.63. The van der Waals surface area contributed by atoms with E-state index in [0.717, 1.165) is 6.26 Å². The van der Waals surface area contributed by atoms with Crippen LogP contribution in [0.4, 0.5) is 40.8 Å². The molecule has 172 valence electrons. The van der Waals surface area contributed by atoms with Crippen LogP contribution in [0.15, 0.2) is 33.9 Å². The highest BCUT2D eigenvalue weighted by Crippen LogP contribution is 2.37. The van der Waals surface area contributed by atoms with Crippen molar-refractivity contribution in [2.45, 2.75) is 11.2 Å². The highest BCUT2D eigenvalue weighted by molar-refractivity contribution is 8.00. The largest absolute Gasteiger partial charge is 0.464 e. The van der Waals surface area contributed by atoms with Crippen LogP contribution >= 0.6 is 11.8 Å². The van der Waals surface area contributed by atoms with E-state index in [4.69, 9.17) is 4.42 Å². The maximum absolute atomic E-state index is 13.7. The number of thioether (sulfide) groups is 1. The highest BCUT2D eigenvalue weighted by atomic mass is 32.2. The first-order valence-electron chi connectivity index (χ1n) is 8.46. The Morgan fingerprint density at radius 3 is 2.21 bits per heavy atom. The van der Waals surface area contributed by atoms with Gasteiger partial charge in [-0.15, -0.1) is 0 Å². The van der Waals surface area contributed by atoms with Gasteiger partial charge < -0.3 is 9.73 Å². The molecule has 0 aliphatic heterocycles. The van der Waals surface area contributed by atoms with E-state index in [2.05, 4.69) is 4.98 Å². The van der Waals surface area contributed by atoms with E-state index in [1.54, 1.807) is 6.07 Å². The van der Waals surface area contributed by atoms with E-state index < -0.39 is 68.9 Å². The predicted octanol–water partition coefficient (Wildman–Crippen LogP) is 5.66. The van der Waals surface area contributed by atoms with Gasteiger partial charge in [-0.3, -0.25) is 4.79 Å². The SMILES string of the molecule is N#Cc1c(-c2ccco2)cc(C(F)(F)F)nc1SCC(=O)Nc1c(F)c(F)c(F)c(F)c1F. The number of halogens is 8. The molecule has 0 saturated heterocycles. The number of nitrogens with zero attached hydrogens (tertiary/aromatic N) is 2. The van der Waals surface area contributed by atoms with Crippen LogP contribution in [0, 0.1) is 40.4 Å². The molecule has 5 nitrogen and oxygen atoms in total. The second-order valence-corrected chi connectivity index (χ2v) is 7.07. The van der Waals surface area contributed by atoms with Crippen LogP contribution in [0.1, 0.15) is 11.3 Å². The number of hydrogen-bond acceptors (Lipinski definition) is 5. The standard InChI is InChI=1S/C19H7F8N3O2S/c20-12-13(21)15(23)17(16(24)14(12)22)30-11(31)6-33-18-8(5-28)7(9-2-1-3-32-9)4-10(29-18)19(25,26)27/h1-4H,6H2,(H,30,31). The lowest BCUT2D eigenvalue weighted by atomic mass is 10.1. The van der Waals surface area contributed by atoms with Crippen molar-refractivity contribution < 1.29 is 44.3 Å². The third-order valence-electron chi connectivity index (χ3n) is 3.99. The van der Waals surface area contributed by atoms with Crippen LogP contribution in [0.25, 0.3) is 11.3 Å². The second-order valence-electron chi connectivity index (χ2n) is 6.10. The average Bonchev–Trinajstić information content (AvgIpc) is 3.31. The van der Waals surface area contributed by atoms with Crippen LogP contribution in [0.3, 0.4) is 0 Å². The van der Waals surface area contributed by atoms with Crippen molar-refractivity contribution in [3.63, 3.8) is 0 Å². The number of furan rings is 1. The van der Waals surface area contributed by atoms with Gasteiger partial charge in [0.1, 0.15) is 28.2 Å². The lowest BCUT2D eigenvalue weighted by Gasteiger charge is -2.13. The number of pyridine rings is 1. The summed E-state index contributed by atoms with van der Waals surface area (Å²) < 4.78 is 112. The van der Waals surface area contributed by atoms with Crippen LogP contribution in [-0.4, -0.2) is 16.6 Å². The average molecular weight is 493 g/mol. The molecule has 1 amide bonds. The number of rotatable bonds is 5. The first-order valence-corrected chi connectivity index (χ1v) is 9.44. The third kappa shape index (κ3) is 4.77. The van der Waals surface area contributed by atoms with Crippen molar-refractivity contribution in [2.24, 2.45) is 0 Å². The maximum Gasteiger partial charge on any atom is 0.433 e. The molecule has 1 aromatic carbocycles. The Morgan fingerprint density at radius 2 is 1.70 bits per heavy atom. The second kappa shape index (κ2) is 9.10. The molecule has 0 aliphatic carbocycles. The van der Waals surface area contributed by atoms with Crippen molar-refractivity contribution in [1.29, 1.82) is 5.26 Å². The smallest absolute Gasteiger partial charge is 0.433 e. The summed E-state index contributed by atoms with van der Waals surface area (Å²) in [7, 11) is 0. The number of benzene rings is 1. The van der Waals surface area contributed by atoms with Crippen molar-refractivity contribution in [3.05, 3.63) is 64.8 Å². The van der Waals surface area contributed by atoms with Gasteiger partial charge in [-0.2, -0.15) is 18.4 Å². The molecule has 0 radical (unpaired) electrons. The summed E-state index contributed by atoms with van der Waals surface area (Å²) in [5, 5.41) is 10.3. The Balaban J connectivity index is 1.93. The fraction of sp³-hybridized carbons (Fsp3) is 0.105. The van der Waals surface area contributed by atoms with Gasteiger partial charge in [0, 0.05) is 5.56 Å². The Bertz CT molecular complexity index is 1240. The Hall–Kier alpha value is -3.60. The van der Waals surface area contributed by atoms with Gasteiger partial charge in [-0.25, -0.2) is 26.9 Å². The number of carbonyl (C=O) groups excluding carboxylic acids is 1. The summed E-state index contributed by atoms with van der Waals surface area (Å²) in [6, 6.07) is 4.84. The Morgan fingerprint density at radius 1 is 1.09 bits per heavy atom. The fourth-order valence-electron chi connectivity index (χ4n) is 2.53. The van der Waals surface area contributed by atoms with Crippen LogP contribution in [0.5, 0.6) is 0 Å². The monoisotopic (exact) mass is 493 g/mol. The molecule has 14 heteroatoms. The molecular weight excluding hydrogens is 486 g/mol. The van der Waals surface area contributed by atoms with E-state index in [1.165, 1.54) is 17.4 Å². The molecule has 0 aliphatic rings. The van der Waals surface area contributed by atoms with Crippen LogP contribution < -0.4 is 5.32 Å². The lowest BCUT2D eigenvalue weighted by molar-refractivity contribution is -0.141. The molecule has 0 spiro atoms. The van der Waals surface area contributed by atoms with Crippen molar-refractivity contribution in [2.75, 3.05) is 11.1 Å². The summed E-state index contributed by atoms with van der Waals surface area (Å²) >= 11 is 0.270. The fourth-order valence-corrected chi connectivity index (χ4v) is 3.33. The summed E-state index contributed by atoms with van der Waals surface area (Å²) in [4.78, 5) is 15.4. The summed E-state index contributed by atoms with van der Waals surface area (Å²) in [5.41, 5.74) is -3.74. The van der Waals surface area contributed by atoms with E-state index in [1.807, 2.05) is 0 Å². The lowest BCUT2D eigenvalue weighted by Crippen LogP contribution is -2.19. The normalized spacial score (nSPS) is 11.4. The number of nitrogens with one attached hydrogen (secondary N) is 1. The minimum absolute atomic E-state index is 0.104. The molecule has 2 heterocycles. The summed E-state index contributed by atoms with van der Waals surface area (Å²) in [6.07, 6.45) is -3.79. The number of alkyl halides is 3. The topological polar surface area (TPSA) is 78.9 Å². The van der Waals surface area contributed by atoms with E-state index in [9.17, 15) is 45.2 Å². The molecule has 3 rings (SSSR count). The summed E-state index contributed by atoms with van der Waals surface area (Å²) in [6.45, 7) is 0. The molecule has 1 N–H and O–H groups in total. The van der Waals surface area contributed by atoms with E-state index in [-0.39, 0.29) is 23.1 Å². The highest BCUT2D eigenvalue weighted by Gasteiger charge is 2.35. The Labute approximate surface area is 183 Å².